The number of ether oxygens (including phenoxy) is 2. The fourth-order valence-corrected chi connectivity index (χ4v) is 3.11. The smallest absolute Gasteiger partial charge is 0.416 e. The molecule has 152 valence electrons. The Balaban J connectivity index is 2.20. The Kier molecular flexibility index (Phi) is 6.20. The molecule has 3 rings (SSSR count). The van der Waals surface area contributed by atoms with Gasteiger partial charge in [0.25, 0.3) is 0 Å². The van der Waals surface area contributed by atoms with Crippen LogP contribution < -0.4 is 4.74 Å². The van der Waals surface area contributed by atoms with E-state index in [4.69, 9.17) is 9.47 Å². The molecule has 1 unspecified atom stereocenters. The summed E-state index contributed by atoms with van der Waals surface area (Å²) in [5.74, 6) is 0.0992. The third-order valence-electron chi connectivity index (χ3n) is 4.50. The minimum atomic E-state index is -4.57. The third-order valence-corrected chi connectivity index (χ3v) is 4.50. The quantitative estimate of drug-likeness (QED) is 0.588. The average molecular weight is 403 g/mol. The highest BCUT2D eigenvalue weighted by atomic mass is 19.4. The first-order valence-electron chi connectivity index (χ1n) is 8.86. The van der Waals surface area contributed by atoms with Crippen LogP contribution in [-0.4, -0.2) is 24.0 Å². The molecule has 1 heterocycles. The Morgan fingerprint density at radius 3 is 2.28 bits per heavy atom. The van der Waals surface area contributed by atoms with Gasteiger partial charge in [-0.3, -0.25) is 4.98 Å². The molecule has 0 fully saturated rings. The van der Waals surface area contributed by atoms with E-state index in [1.54, 1.807) is 54.7 Å². The molecule has 4 nitrogen and oxygen atoms in total. The van der Waals surface area contributed by atoms with Crippen molar-refractivity contribution in [3.63, 3.8) is 0 Å². The summed E-state index contributed by atoms with van der Waals surface area (Å²) >= 11 is 0. The molecule has 0 aliphatic carbocycles. The van der Waals surface area contributed by atoms with Crippen LogP contribution >= 0.6 is 0 Å². The van der Waals surface area contributed by atoms with Crippen molar-refractivity contribution in [1.82, 2.24) is 4.98 Å². The van der Waals surface area contributed by atoms with Crippen LogP contribution in [0.5, 0.6) is 5.75 Å². The number of halogens is 3. The molecule has 0 spiro atoms. The second-order valence-corrected chi connectivity index (χ2v) is 6.48. The Morgan fingerprint density at radius 2 is 1.66 bits per heavy atom. The van der Waals surface area contributed by atoms with Gasteiger partial charge in [0.05, 0.1) is 5.56 Å². The predicted molar refractivity (Wildman–Crippen MR) is 101 cm³/mol. The Bertz CT molecular complexity index is 933. The van der Waals surface area contributed by atoms with E-state index in [0.29, 0.717) is 11.3 Å². The molecule has 0 amide bonds. The first kappa shape index (κ1) is 20.8. The van der Waals surface area contributed by atoms with Crippen molar-refractivity contribution < 1.29 is 27.8 Å². The molecular weight excluding hydrogens is 383 g/mol. The lowest BCUT2D eigenvalue weighted by molar-refractivity contribution is -0.137. The van der Waals surface area contributed by atoms with Crippen molar-refractivity contribution in [2.75, 3.05) is 13.9 Å². The van der Waals surface area contributed by atoms with E-state index in [1.807, 2.05) is 0 Å². The van der Waals surface area contributed by atoms with E-state index in [9.17, 15) is 18.3 Å². The van der Waals surface area contributed by atoms with Crippen molar-refractivity contribution in [2.45, 2.75) is 18.2 Å². The standard InChI is InChI=1S/C22H20F3NO3/c1-28-15-29-20-11-10-17(22(23,24)25)13-19(20)21(27,16-7-3-2-4-8-16)14-18-9-5-6-12-26-18/h2-13,27H,14-15H2,1H3. The Labute approximate surface area is 166 Å². The second kappa shape index (κ2) is 8.63. The van der Waals surface area contributed by atoms with Crippen LogP contribution in [0, 0.1) is 0 Å². The minimum absolute atomic E-state index is 0.0128. The summed E-state index contributed by atoms with van der Waals surface area (Å²) in [5, 5.41) is 11.7. The number of nitrogens with zero attached hydrogens (tertiary/aromatic N) is 1. The molecule has 0 radical (unpaired) electrons. The largest absolute Gasteiger partial charge is 0.467 e. The van der Waals surface area contributed by atoms with Gasteiger partial charge in [0.1, 0.15) is 11.4 Å². The van der Waals surface area contributed by atoms with Gasteiger partial charge < -0.3 is 14.6 Å². The van der Waals surface area contributed by atoms with Crippen LogP contribution in [0.25, 0.3) is 0 Å². The van der Waals surface area contributed by atoms with E-state index in [-0.39, 0.29) is 24.5 Å². The summed E-state index contributed by atoms with van der Waals surface area (Å²) in [6.07, 6.45) is -3.05. The predicted octanol–water partition coefficient (Wildman–Crippen LogP) is 4.56. The molecule has 0 bridgehead atoms. The molecule has 3 aromatic rings. The van der Waals surface area contributed by atoms with Gasteiger partial charge in [-0.1, -0.05) is 36.4 Å². The lowest BCUT2D eigenvalue weighted by Gasteiger charge is -2.31. The van der Waals surface area contributed by atoms with Gasteiger partial charge in [-0.2, -0.15) is 13.2 Å². The second-order valence-electron chi connectivity index (χ2n) is 6.48. The molecule has 0 aliphatic rings. The number of hydrogen-bond acceptors (Lipinski definition) is 4. The van der Waals surface area contributed by atoms with E-state index < -0.39 is 17.3 Å². The Morgan fingerprint density at radius 1 is 0.931 bits per heavy atom. The number of hydrogen-bond donors (Lipinski definition) is 1. The number of aromatic nitrogens is 1. The van der Waals surface area contributed by atoms with Crippen molar-refractivity contribution in [3.8, 4) is 5.75 Å². The van der Waals surface area contributed by atoms with Crippen LogP contribution in [0.15, 0.2) is 72.9 Å². The lowest BCUT2D eigenvalue weighted by Crippen LogP contribution is -2.32. The third kappa shape index (κ3) is 4.75. The van der Waals surface area contributed by atoms with Crippen molar-refractivity contribution in [2.24, 2.45) is 0 Å². The highest BCUT2D eigenvalue weighted by Crippen LogP contribution is 2.41. The van der Waals surface area contributed by atoms with E-state index in [2.05, 4.69) is 4.98 Å². The van der Waals surface area contributed by atoms with E-state index >= 15 is 0 Å². The van der Waals surface area contributed by atoms with Crippen LogP contribution in [0.1, 0.15) is 22.4 Å². The molecule has 1 N–H and O–H groups in total. The zero-order chi connectivity index (χ0) is 20.9. The fraction of sp³-hybridized carbons (Fsp3) is 0.227. The normalized spacial score (nSPS) is 13.7. The van der Waals surface area contributed by atoms with Gasteiger partial charge in [0.2, 0.25) is 0 Å². The van der Waals surface area contributed by atoms with Crippen molar-refractivity contribution >= 4 is 0 Å². The van der Waals surface area contributed by atoms with E-state index in [0.717, 1.165) is 12.1 Å². The molecule has 0 saturated heterocycles. The molecule has 29 heavy (non-hydrogen) atoms. The summed E-state index contributed by atoms with van der Waals surface area (Å²) in [4.78, 5) is 4.23. The van der Waals surface area contributed by atoms with Crippen LogP contribution in [0.2, 0.25) is 0 Å². The maximum Gasteiger partial charge on any atom is 0.416 e. The summed E-state index contributed by atoms with van der Waals surface area (Å²) in [7, 11) is 1.40. The number of rotatable bonds is 7. The van der Waals surface area contributed by atoms with Gasteiger partial charge in [-0.05, 0) is 35.9 Å². The molecule has 1 aromatic heterocycles. The van der Waals surface area contributed by atoms with Gasteiger partial charge in [0, 0.05) is 31.0 Å². The fourth-order valence-electron chi connectivity index (χ4n) is 3.11. The molecule has 0 aliphatic heterocycles. The maximum atomic E-state index is 13.4. The lowest BCUT2D eigenvalue weighted by atomic mass is 9.81. The number of methoxy groups -OCH3 is 1. The number of alkyl halides is 3. The zero-order valence-corrected chi connectivity index (χ0v) is 15.7. The Hall–Kier alpha value is -2.90. The van der Waals surface area contributed by atoms with Crippen LogP contribution in [-0.2, 0) is 22.9 Å². The molecule has 7 heteroatoms. The zero-order valence-electron chi connectivity index (χ0n) is 15.7. The minimum Gasteiger partial charge on any atom is -0.467 e. The van der Waals surface area contributed by atoms with E-state index in [1.165, 1.54) is 13.2 Å². The summed E-state index contributed by atoms with van der Waals surface area (Å²) < 4.78 is 50.6. The van der Waals surface area contributed by atoms with Crippen LogP contribution in [0.3, 0.4) is 0 Å². The summed E-state index contributed by atoms with van der Waals surface area (Å²) in [5.41, 5.74) is -1.75. The van der Waals surface area contributed by atoms with Crippen LogP contribution in [0.4, 0.5) is 13.2 Å². The average Bonchev–Trinajstić information content (AvgIpc) is 2.72. The summed E-state index contributed by atoms with van der Waals surface area (Å²) in [6, 6.07) is 16.7. The number of benzene rings is 2. The van der Waals surface area contributed by atoms with Gasteiger partial charge in [0.15, 0.2) is 6.79 Å². The van der Waals surface area contributed by atoms with Gasteiger partial charge >= 0.3 is 6.18 Å². The number of pyridine rings is 1. The van der Waals surface area contributed by atoms with Gasteiger partial charge in [-0.25, -0.2) is 0 Å². The molecule has 2 aromatic carbocycles. The van der Waals surface area contributed by atoms with Gasteiger partial charge in [-0.15, -0.1) is 0 Å². The first-order valence-corrected chi connectivity index (χ1v) is 8.86. The molecular formula is C22H20F3NO3. The first-order chi connectivity index (χ1) is 13.8. The summed E-state index contributed by atoms with van der Waals surface area (Å²) in [6.45, 7) is -0.174. The monoisotopic (exact) mass is 403 g/mol. The number of aliphatic hydroxyl groups is 1. The SMILES string of the molecule is COCOc1ccc(C(F)(F)F)cc1C(O)(Cc1ccccn1)c1ccccc1. The van der Waals surface area contributed by atoms with Crippen molar-refractivity contribution in [1.29, 1.82) is 0 Å². The topological polar surface area (TPSA) is 51.6 Å². The highest BCUT2D eigenvalue weighted by Gasteiger charge is 2.39. The maximum absolute atomic E-state index is 13.4. The highest BCUT2D eigenvalue weighted by molar-refractivity contribution is 5.48. The molecule has 0 saturated carbocycles. The van der Waals surface area contributed by atoms with Crippen molar-refractivity contribution in [3.05, 3.63) is 95.3 Å². The molecule has 1 atom stereocenters.